The maximum Gasteiger partial charge on any atom is 0.237 e. The molecule has 0 aliphatic rings. The molecule has 2 aromatic rings. The second kappa shape index (κ2) is 4.17. The van der Waals surface area contributed by atoms with Crippen LogP contribution in [0.5, 0.6) is 0 Å². The lowest BCUT2D eigenvalue weighted by atomic mass is 10.1. The van der Waals surface area contributed by atoms with Crippen molar-refractivity contribution in [1.82, 2.24) is 4.57 Å². The largest absolute Gasteiger partial charge is 0.409 e. The standard InChI is InChI=1S/C11H12N4O2/c12-10(16)6-15-5-4-7-8(11(13)14-17)2-1-3-9(7)15/h1-5,17H,6H2,(H2,12,16)(H2,13,14). The van der Waals surface area contributed by atoms with Crippen molar-refractivity contribution in [1.29, 1.82) is 0 Å². The molecule has 0 saturated carbocycles. The highest BCUT2D eigenvalue weighted by Gasteiger charge is 2.09. The summed E-state index contributed by atoms with van der Waals surface area (Å²) in [5.74, 6) is -0.385. The van der Waals surface area contributed by atoms with Gasteiger partial charge in [0.2, 0.25) is 5.91 Å². The number of primary amides is 1. The number of nitrogens with zero attached hydrogens (tertiary/aromatic N) is 2. The van der Waals surface area contributed by atoms with E-state index in [0.29, 0.717) is 5.56 Å². The number of carbonyl (C=O) groups is 1. The molecule has 1 aromatic heterocycles. The molecule has 6 heteroatoms. The Morgan fingerprint density at radius 3 is 2.76 bits per heavy atom. The van der Waals surface area contributed by atoms with Crippen LogP contribution in [-0.2, 0) is 11.3 Å². The van der Waals surface area contributed by atoms with Gasteiger partial charge < -0.3 is 21.2 Å². The van der Waals surface area contributed by atoms with E-state index in [1.54, 1.807) is 29.0 Å². The molecule has 1 heterocycles. The highest BCUT2D eigenvalue weighted by molar-refractivity contribution is 6.08. The molecular weight excluding hydrogens is 220 g/mol. The zero-order valence-electron chi connectivity index (χ0n) is 9.00. The van der Waals surface area contributed by atoms with E-state index in [-0.39, 0.29) is 12.4 Å². The third-order valence-electron chi connectivity index (χ3n) is 2.52. The van der Waals surface area contributed by atoms with Gasteiger partial charge >= 0.3 is 0 Å². The fourth-order valence-electron chi connectivity index (χ4n) is 1.81. The van der Waals surface area contributed by atoms with E-state index in [1.807, 2.05) is 6.07 Å². The highest BCUT2D eigenvalue weighted by atomic mass is 16.4. The van der Waals surface area contributed by atoms with Crippen LogP contribution >= 0.6 is 0 Å². The molecule has 0 bridgehead atoms. The Bertz CT molecular complexity index is 601. The van der Waals surface area contributed by atoms with Gasteiger partial charge in [-0.25, -0.2) is 0 Å². The minimum absolute atomic E-state index is 0.0347. The lowest BCUT2D eigenvalue weighted by molar-refractivity contribution is -0.118. The predicted molar refractivity (Wildman–Crippen MR) is 63.6 cm³/mol. The Labute approximate surface area is 97.1 Å². The Hall–Kier alpha value is -2.50. The summed E-state index contributed by atoms with van der Waals surface area (Å²) in [5, 5.41) is 12.5. The summed E-state index contributed by atoms with van der Waals surface area (Å²) in [6, 6.07) is 7.15. The first-order chi connectivity index (χ1) is 8.13. The van der Waals surface area contributed by atoms with E-state index in [0.717, 1.165) is 10.9 Å². The predicted octanol–water partition coefficient (Wildman–Crippen LogP) is 0.221. The Kier molecular flexibility index (Phi) is 2.70. The molecular formula is C11H12N4O2. The minimum atomic E-state index is -0.420. The molecule has 6 nitrogen and oxygen atoms in total. The first kappa shape index (κ1) is 11.0. The maximum absolute atomic E-state index is 10.9. The third-order valence-corrected chi connectivity index (χ3v) is 2.52. The summed E-state index contributed by atoms with van der Waals surface area (Å²) >= 11 is 0. The smallest absolute Gasteiger partial charge is 0.237 e. The maximum atomic E-state index is 10.9. The molecule has 0 radical (unpaired) electrons. The number of carbonyl (C=O) groups excluding carboxylic acids is 1. The summed E-state index contributed by atoms with van der Waals surface area (Å²) in [7, 11) is 0. The summed E-state index contributed by atoms with van der Waals surface area (Å²) in [6.07, 6.45) is 1.74. The zero-order chi connectivity index (χ0) is 12.4. The van der Waals surface area contributed by atoms with Gasteiger partial charge in [-0.15, -0.1) is 0 Å². The number of hydrogen-bond donors (Lipinski definition) is 3. The van der Waals surface area contributed by atoms with Crippen LogP contribution in [-0.4, -0.2) is 21.5 Å². The summed E-state index contributed by atoms with van der Waals surface area (Å²) < 4.78 is 1.71. The summed E-state index contributed by atoms with van der Waals surface area (Å²) in [6.45, 7) is 0.100. The number of amides is 1. The first-order valence-electron chi connectivity index (χ1n) is 4.97. The van der Waals surface area contributed by atoms with Crippen LogP contribution in [0.15, 0.2) is 35.6 Å². The van der Waals surface area contributed by atoms with Gasteiger partial charge in [0.05, 0.1) is 0 Å². The van der Waals surface area contributed by atoms with Crippen molar-refractivity contribution in [3.63, 3.8) is 0 Å². The van der Waals surface area contributed by atoms with Crippen molar-refractivity contribution in [2.45, 2.75) is 6.54 Å². The average Bonchev–Trinajstić information content (AvgIpc) is 2.71. The fourth-order valence-corrected chi connectivity index (χ4v) is 1.81. The van der Waals surface area contributed by atoms with Crippen LogP contribution in [0.2, 0.25) is 0 Å². The minimum Gasteiger partial charge on any atom is -0.409 e. The van der Waals surface area contributed by atoms with Gasteiger partial charge in [0.25, 0.3) is 0 Å². The van der Waals surface area contributed by atoms with E-state index in [9.17, 15) is 4.79 Å². The molecule has 1 aromatic carbocycles. The molecule has 0 saturated heterocycles. The van der Waals surface area contributed by atoms with Crippen LogP contribution < -0.4 is 11.5 Å². The number of rotatable bonds is 3. The number of fused-ring (bicyclic) bond motifs is 1. The van der Waals surface area contributed by atoms with Crippen molar-refractivity contribution < 1.29 is 10.0 Å². The molecule has 88 valence electrons. The second-order valence-electron chi connectivity index (χ2n) is 3.63. The van der Waals surface area contributed by atoms with E-state index < -0.39 is 5.91 Å². The number of benzene rings is 1. The van der Waals surface area contributed by atoms with Gasteiger partial charge in [-0.2, -0.15) is 0 Å². The quantitative estimate of drug-likeness (QED) is 0.305. The van der Waals surface area contributed by atoms with E-state index in [4.69, 9.17) is 16.7 Å². The Morgan fingerprint density at radius 2 is 2.12 bits per heavy atom. The molecule has 1 amide bonds. The van der Waals surface area contributed by atoms with Gasteiger partial charge in [0, 0.05) is 22.7 Å². The van der Waals surface area contributed by atoms with Crippen LogP contribution in [0.4, 0.5) is 0 Å². The normalized spacial score (nSPS) is 11.9. The molecule has 0 spiro atoms. The number of oxime groups is 1. The van der Waals surface area contributed by atoms with Gasteiger partial charge in [-0.1, -0.05) is 17.3 Å². The molecule has 2 rings (SSSR count). The van der Waals surface area contributed by atoms with Gasteiger partial charge in [-0.3, -0.25) is 4.79 Å². The average molecular weight is 232 g/mol. The molecule has 5 N–H and O–H groups in total. The summed E-state index contributed by atoms with van der Waals surface area (Å²) in [4.78, 5) is 10.9. The molecule has 0 aliphatic carbocycles. The lowest BCUT2D eigenvalue weighted by Gasteiger charge is -2.04. The zero-order valence-corrected chi connectivity index (χ0v) is 9.00. The van der Waals surface area contributed by atoms with E-state index in [2.05, 4.69) is 5.16 Å². The molecule has 0 aliphatic heterocycles. The van der Waals surface area contributed by atoms with Crippen LogP contribution in [0.3, 0.4) is 0 Å². The van der Waals surface area contributed by atoms with Crippen molar-refractivity contribution >= 4 is 22.6 Å². The molecule has 0 atom stereocenters. The van der Waals surface area contributed by atoms with Crippen molar-refractivity contribution in [3.05, 3.63) is 36.0 Å². The molecule has 0 unspecified atom stereocenters. The van der Waals surface area contributed by atoms with E-state index >= 15 is 0 Å². The van der Waals surface area contributed by atoms with Gasteiger partial charge in [-0.05, 0) is 12.1 Å². The van der Waals surface area contributed by atoms with Crippen LogP contribution in [0.1, 0.15) is 5.56 Å². The number of amidine groups is 1. The number of aromatic nitrogens is 1. The lowest BCUT2D eigenvalue weighted by Crippen LogP contribution is -2.18. The monoisotopic (exact) mass is 232 g/mol. The molecule has 17 heavy (non-hydrogen) atoms. The SMILES string of the molecule is NC(=O)Cn1ccc2c(/C(N)=N/O)cccc21. The van der Waals surface area contributed by atoms with Crippen molar-refractivity contribution in [2.24, 2.45) is 16.6 Å². The highest BCUT2D eigenvalue weighted by Crippen LogP contribution is 2.20. The van der Waals surface area contributed by atoms with Crippen LogP contribution in [0, 0.1) is 0 Å². The number of nitrogens with two attached hydrogens (primary N) is 2. The third kappa shape index (κ3) is 1.92. The van der Waals surface area contributed by atoms with Crippen molar-refractivity contribution in [2.75, 3.05) is 0 Å². The Morgan fingerprint density at radius 1 is 1.35 bits per heavy atom. The van der Waals surface area contributed by atoms with Gasteiger partial charge in [0.1, 0.15) is 6.54 Å². The van der Waals surface area contributed by atoms with Crippen molar-refractivity contribution in [3.8, 4) is 0 Å². The second-order valence-corrected chi connectivity index (χ2v) is 3.63. The summed E-state index contributed by atoms with van der Waals surface area (Å²) in [5.41, 5.74) is 12.2. The number of hydrogen-bond acceptors (Lipinski definition) is 3. The molecule has 0 fully saturated rings. The Balaban J connectivity index is 2.60. The first-order valence-corrected chi connectivity index (χ1v) is 4.97. The topological polar surface area (TPSA) is 107 Å². The van der Waals surface area contributed by atoms with Gasteiger partial charge in [0.15, 0.2) is 5.84 Å². The van der Waals surface area contributed by atoms with Crippen LogP contribution in [0.25, 0.3) is 10.9 Å². The van der Waals surface area contributed by atoms with E-state index in [1.165, 1.54) is 0 Å². The fraction of sp³-hybridized carbons (Fsp3) is 0.0909.